The van der Waals surface area contributed by atoms with Gasteiger partial charge in [0.15, 0.2) is 0 Å². The van der Waals surface area contributed by atoms with Gasteiger partial charge < -0.3 is 10.1 Å². The monoisotopic (exact) mass is 236 g/mol. The maximum atomic E-state index is 10.2. The topological polar surface area (TPSA) is 56.0 Å². The van der Waals surface area contributed by atoms with E-state index in [9.17, 15) is 10.1 Å². The van der Waals surface area contributed by atoms with Gasteiger partial charge in [0, 0.05) is 6.07 Å². The summed E-state index contributed by atoms with van der Waals surface area (Å²) in [6.45, 7) is 0. The molecule has 6 heteroatoms. The van der Waals surface area contributed by atoms with E-state index >= 15 is 0 Å². The second-order valence-corrected chi connectivity index (χ2v) is 2.94. The third-order valence-electron chi connectivity index (χ3n) is 0.966. The van der Waals surface area contributed by atoms with E-state index in [1.54, 1.807) is 0 Å². The van der Waals surface area contributed by atoms with Gasteiger partial charge in [-0.05, 0) is 43.5 Å². The Balaban J connectivity index is 3.23. The van der Waals surface area contributed by atoms with Crippen LogP contribution in [-0.2, 0) is 0 Å². The molecule has 4 nitrogen and oxygen atoms in total. The highest BCUT2D eigenvalue weighted by atomic mass is 79.9. The standard InChI is InChI=1S/C5H2BrClN2O2/c6-3-1-2-4(7)8-5(3)9(10)11/h1-2H. The molecule has 1 rings (SSSR count). The molecular weight excluding hydrogens is 235 g/mol. The first-order valence-electron chi connectivity index (χ1n) is 2.57. The Kier molecular flexibility index (Phi) is 2.41. The van der Waals surface area contributed by atoms with Crippen molar-refractivity contribution in [1.29, 1.82) is 0 Å². The lowest BCUT2D eigenvalue weighted by Crippen LogP contribution is -1.92. The van der Waals surface area contributed by atoms with Crippen molar-refractivity contribution in [3.8, 4) is 0 Å². The summed E-state index contributed by atoms with van der Waals surface area (Å²) in [5.74, 6) is -0.266. The van der Waals surface area contributed by atoms with E-state index in [1.165, 1.54) is 12.1 Å². The van der Waals surface area contributed by atoms with Gasteiger partial charge in [-0.15, -0.1) is 0 Å². The van der Waals surface area contributed by atoms with Crippen LogP contribution in [0.5, 0.6) is 0 Å². The van der Waals surface area contributed by atoms with Crippen LogP contribution in [0, 0.1) is 10.1 Å². The van der Waals surface area contributed by atoms with Crippen LogP contribution in [0.3, 0.4) is 0 Å². The maximum Gasteiger partial charge on any atom is 0.379 e. The van der Waals surface area contributed by atoms with Crippen molar-refractivity contribution in [1.82, 2.24) is 4.98 Å². The number of pyridine rings is 1. The van der Waals surface area contributed by atoms with Crippen LogP contribution in [0.2, 0.25) is 5.15 Å². The summed E-state index contributed by atoms with van der Waals surface area (Å²) < 4.78 is 0.326. The van der Waals surface area contributed by atoms with E-state index in [0.717, 1.165) is 0 Å². The zero-order chi connectivity index (χ0) is 8.43. The molecule has 0 aromatic carbocycles. The Morgan fingerprint density at radius 3 is 2.73 bits per heavy atom. The molecule has 0 bridgehead atoms. The highest BCUT2D eigenvalue weighted by Gasteiger charge is 2.13. The van der Waals surface area contributed by atoms with Gasteiger partial charge in [-0.3, -0.25) is 0 Å². The molecule has 0 aliphatic heterocycles. The molecule has 0 amide bonds. The number of aromatic nitrogens is 1. The first-order chi connectivity index (χ1) is 5.11. The molecule has 0 saturated carbocycles. The van der Waals surface area contributed by atoms with E-state index in [-0.39, 0.29) is 11.0 Å². The van der Waals surface area contributed by atoms with Crippen LogP contribution < -0.4 is 0 Å². The summed E-state index contributed by atoms with van der Waals surface area (Å²) in [4.78, 5) is 13.1. The molecule has 0 radical (unpaired) electrons. The lowest BCUT2D eigenvalue weighted by Gasteiger charge is -1.93. The Morgan fingerprint density at radius 2 is 2.27 bits per heavy atom. The van der Waals surface area contributed by atoms with Gasteiger partial charge in [0.2, 0.25) is 5.15 Å². The average Bonchev–Trinajstić information content (AvgIpc) is 1.94. The number of halogens is 2. The fourth-order valence-corrected chi connectivity index (χ4v) is 1.04. The molecule has 1 aromatic rings. The molecule has 0 aliphatic rings. The van der Waals surface area contributed by atoms with E-state index in [0.29, 0.717) is 4.47 Å². The summed E-state index contributed by atoms with van der Waals surface area (Å²) >= 11 is 8.39. The van der Waals surface area contributed by atoms with E-state index in [4.69, 9.17) is 11.6 Å². The Labute approximate surface area is 75.5 Å². The molecule has 1 aromatic heterocycles. The zero-order valence-corrected chi connectivity index (χ0v) is 7.46. The molecule has 0 saturated heterocycles. The lowest BCUT2D eigenvalue weighted by atomic mass is 10.5. The van der Waals surface area contributed by atoms with Gasteiger partial charge in [0.05, 0.1) is 0 Å². The minimum Gasteiger partial charge on any atom is -0.358 e. The third kappa shape index (κ3) is 1.87. The summed E-state index contributed by atoms with van der Waals surface area (Å²) in [5, 5.41) is 10.3. The van der Waals surface area contributed by atoms with Crippen LogP contribution >= 0.6 is 27.5 Å². The molecule has 1 heterocycles. The average molecular weight is 237 g/mol. The van der Waals surface area contributed by atoms with E-state index < -0.39 is 4.92 Å². The predicted octanol–water partition coefficient (Wildman–Crippen LogP) is 2.41. The second kappa shape index (κ2) is 3.15. The molecule has 0 aliphatic carbocycles. The molecular formula is C5H2BrClN2O2. The molecule has 0 fully saturated rings. The fraction of sp³-hybridized carbons (Fsp3) is 0. The molecule has 0 spiro atoms. The number of hydrogen-bond donors (Lipinski definition) is 0. The van der Waals surface area contributed by atoms with Gasteiger partial charge in [-0.25, -0.2) is 0 Å². The Morgan fingerprint density at radius 1 is 1.64 bits per heavy atom. The summed E-state index contributed by atoms with van der Waals surface area (Å²) in [7, 11) is 0. The molecule has 58 valence electrons. The van der Waals surface area contributed by atoms with Crippen molar-refractivity contribution in [3.05, 3.63) is 31.9 Å². The Bertz CT molecular complexity index is 305. The van der Waals surface area contributed by atoms with Gasteiger partial charge in [0.25, 0.3) is 0 Å². The maximum absolute atomic E-state index is 10.2. The van der Waals surface area contributed by atoms with Crippen LogP contribution in [0.15, 0.2) is 16.6 Å². The van der Waals surface area contributed by atoms with Crippen LogP contribution in [0.4, 0.5) is 5.82 Å². The van der Waals surface area contributed by atoms with Crippen LogP contribution in [0.25, 0.3) is 0 Å². The number of rotatable bonds is 1. The van der Waals surface area contributed by atoms with E-state index in [2.05, 4.69) is 20.9 Å². The van der Waals surface area contributed by atoms with Crippen molar-refractivity contribution in [2.45, 2.75) is 0 Å². The van der Waals surface area contributed by atoms with Crippen molar-refractivity contribution in [2.24, 2.45) is 0 Å². The van der Waals surface area contributed by atoms with Gasteiger partial charge in [-0.2, -0.15) is 0 Å². The normalized spacial score (nSPS) is 9.64. The van der Waals surface area contributed by atoms with E-state index in [1.807, 2.05) is 0 Å². The first kappa shape index (κ1) is 8.42. The number of nitrogens with zero attached hydrogens (tertiary/aromatic N) is 2. The largest absolute Gasteiger partial charge is 0.379 e. The second-order valence-electron chi connectivity index (χ2n) is 1.70. The summed E-state index contributed by atoms with van der Waals surface area (Å²) in [5.41, 5.74) is 0. The lowest BCUT2D eigenvalue weighted by molar-refractivity contribution is -0.390. The summed E-state index contributed by atoms with van der Waals surface area (Å²) in [6, 6.07) is 2.95. The quantitative estimate of drug-likeness (QED) is 0.428. The molecule has 11 heavy (non-hydrogen) atoms. The van der Waals surface area contributed by atoms with Crippen molar-refractivity contribution >= 4 is 33.3 Å². The number of hydrogen-bond acceptors (Lipinski definition) is 3. The van der Waals surface area contributed by atoms with Crippen molar-refractivity contribution < 1.29 is 4.92 Å². The molecule has 0 atom stereocenters. The first-order valence-corrected chi connectivity index (χ1v) is 3.75. The highest BCUT2D eigenvalue weighted by Crippen LogP contribution is 2.23. The summed E-state index contributed by atoms with van der Waals surface area (Å²) in [6.07, 6.45) is 0. The van der Waals surface area contributed by atoms with Gasteiger partial charge in [-0.1, -0.05) is 0 Å². The predicted molar refractivity (Wildman–Crippen MR) is 43.6 cm³/mol. The van der Waals surface area contributed by atoms with Crippen molar-refractivity contribution in [3.63, 3.8) is 0 Å². The minimum atomic E-state index is -0.601. The Hall–Kier alpha value is -0.680. The van der Waals surface area contributed by atoms with Gasteiger partial charge >= 0.3 is 5.82 Å². The van der Waals surface area contributed by atoms with Crippen LogP contribution in [0.1, 0.15) is 0 Å². The fourth-order valence-electron chi connectivity index (χ4n) is 0.536. The smallest absolute Gasteiger partial charge is 0.358 e. The SMILES string of the molecule is O=[N+]([O-])c1nc(Cl)ccc1Br. The molecule has 0 N–H and O–H groups in total. The van der Waals surface area contributed by atoms with Crippen LogP contribution in [-0.4, -0.2) is 9.91 Å². The van der Waals surface area contributed by atoms with Crippen molar-refractivity contribution in [2.75, 3.05) is 0 Å². The number of nitro groups is 1. The zero-order valence-electron chi connectivity index (χ0n) is 5.12. The third-order valence-corrected chi connectivity index (χ3v) is 1.80. The van der Waals surface area contributed by atoms with Gasteiger partial charge in [0.1, 0.15) is 4.47 Å². The highest BCUT2D eigenvalue weighted by molar-refractivity contribution is 9.10. The molecule has 0 unspecified atom stereocenters. The minimum absolute atomic E-state index is 0.111.